The number of halogens is 4. The van der Waals surface area contributed by atoms with Crippen LogP contribution in [0.2, 0.25) is 0 Å². The van der Waals surface area contributed by atoms with E-state index in [1.54, 1.807) is 0 Å². The first-order valence-electron chi connectivity index (χ1n) is 9.67. The van der Waals surface area contributed by atoms with Crippen LogP contribution in [0, 0.1) is 11.7 Å². The van der Waals surface area contributed by atoms with Crippen molar-refractivity contribution < 1.29 is 41.7 Å². The van der Waals surface area contributed by atoms with Gasteiger partial charge in [0.1, 0.15) is 0 Å². The van der Waals surface area contributed by atoms with E-state index in [-0.39, 0.29) is 18.1 Å². The van der Waals surface area contributed by atoms with Crippen molar-refractivity contribution in [3.63, 3.8) is 0 Å². The highest BCUT2D eigenvalue weighted by atomic mass is 19.4. The van der Waals surface area contributed by atoms with Gasteiger partial charge in [-0.1, -0.05) is 0 Å². The van der Waals surface area contributed by atoms with Gasteiger partial charge in [0.15, 0.2) is 5.82 Å². The predicted octanol–water partition coefficient (Wildman–Crippen LogP) is 1.09. The molecule has 1 aromatic rings. The summed E-state index contributed by atoms with van der Waals surface area (Å²) in [5.74, 6) is -2.12. The molecule has 0 aliphatic carbocycles. The average Bonchev–Trinajstić information content (AvgIpc) is 3.27. The molecule has 3 aliphatic rings. The third-order valence-corrected chi connectivity index (χ3v) is 5.21. The standard InChI is InChI=1S/C16H21FN4O3.C2HF3O2/c17-12-7-18-16(19-8-12)21-9-11-5-13(24-14(11)10-21)6-15(22)20-1-3-23-4-2-20;3-2(4,5)1(6)7/h7-8,11,13-14H,1-6,9-10H2;(H,6,7)/t11-,13+,14+;/m0./s1. The van der Waals surface area contributed by atoms with Crippen molar-refractivity contribution in [3.8, 4) is 0 Å². The van der Waals surface area contributed by atoms with Gasteiger partial charge in [-0.3, -0.25) is 4.79 Å². The van der Waals surface area contributed by atoms with E-state index in [9.17, 15) is 22.4 Å². The van der Waals surface area contributed by atoms with Gasteiger partial charge in [-0.15, -0.1) is 0 Å². The van der Waals surface area contributed by atoms with Crippen molar-refractivity contribution in [2.45, 2.75) is 31.2 Å². The number of anilines is 1. The van der Waals surface area contributed by atoms with E-state index in [4.69, 9.17) is 19.4 Å². The van der Waals surface area contributed by atoms with E-state index in [2.05, 4.69) is 9.97 Å². The van der Waals surface area contributed by atoms with Crippen LogP contribution in [-0.4, -0.2) is 89.6 Å². The number of carbonyl (C=O) groups is 2. The van der Waals surface area contributed by atoms with Crippen molar-refractivity contribution in [3.05, 3.63) is 18.2 Å². The molecular weight excluding hydrogens is 428 g/mol. The monoisotopic (exact) mass is 450 g/mol. The Hall–Kier alpha value is -2.54. The fraction of sp³-hybridized carbons (Fsp3) is 0.667. The number of hydrogen-bond donors (Lipinski definition) is 1. The smallest absolute Gasteiger partial charge is 0.475 e. The van der Waals surface area contributed by atoms with Crippen LogP contribution < -0.4 is 4.90 Å². The summed E-state index contributed by atoms with van der Waals surface area (Å²) in [6, 6.07) is 0. The van der Waals surface area contributed by atoms with Crippen molar-refractivity contribution in [1.29, 1.82) is 0 Å². The van der Waals surface area contributed by atoms with Gasteiger partial charge in [-0.25, -0.2) is 19.2 Å². The molecule has 0 saturated carbocycles. The van der Waals surface area contributed by atoms with Crippen LogP contribution in [0.3, 0.4) is 0 Å². The number of hydrogen-bond acceptors (Lipinski definition) is 7. The van der Waals surface area contributed by atoms with E-state index in [1.165, 1.54) is 12.4 Å². The Morgan fingerprint density at radius 3 is 2.32 bits per heavy atom. The maximum Gasteiger partial charge on any atom is 0.490 e. The number of aliphatic carboxylic acids is 1. The molecule has 0 radical (unpaired) electrons. The SMILES string of the molecule is O=C(C[C@H]1C[C@H]2CN(c3ncc(F)cn3)C[C@H]2O1)N1CCOCC1.O=C(O)C(F)(F)F. The maximum absolute atomic E-state index is 12.9. The molecule has 1 amide bonds. The number of rotatable bonds is 3. The van der Waals surface area contributed by atoms with E-state index in [1.807, 2.05) is 9.80 Å². The number of ether oxygens (including phenoxy) is 2. The first kappa shape index (κ1) is 23.1. The number of fused-ring (bicyclic) bond motifs is 1. The molecule has 1 N–H and O–H groups in total. The van der Waals surface area contributed by atoms with Crippen LogP contribution in [0.4, 0.5) is 23.5 Å². The largest absolute Gasteiger partial charge is 0.490 e. The number of carboxylic acids is 1. The molecule has 13 heteroatoms. The van der Waals surface area contributed by atoms with Gasteiger partial charge in [0.2, 0.25) is 11.9 Å². The number of carbonyl (C=O) groups excluding carboxylic acids is 1. The Morgan fingerprint density at radius 2 is 1.77 bits per heavy atom. The molecule has 1 aromatic heterocycles. The van der Waals surface area contributed by atoms with Gasteiger partial charge in [-0.05, 0) is 6.42 Å². The molecule has 3 saturated heterocycles. The zero-order chi connectivity index (χ0) is 22.6. The third kappa shape index (κ3) is 6.23. The number of nitrogens with zero attached hydrogens (tertiary/aromatic N) is 4. The summed E-state index contributed by atoms with van der Waals surface area (Å²) in [5.41, 5.74) is 0. The summed E-state index contributed by atoms with van der Waals surface area (Å²) in [5, 5.41) is 7.12. The van der Waals surface area contributed by atoms with Crippen LogP contribution in [0.15, 0.2) is 12.4 Å². The summed E-state index contributed by atoms with van der Waals surface area (Å²) in [6.07, 6.45) is -1.31. The second kappa shape index (κ2) is 9.73. The molecule has 31 heavy (non-hydrogen) atoms. The highest BCUT2D eigenvalue weighted by Gasteiger charge is 2.43. The molecule has 3 fully saturated rings. The van der Waals surface area contributed by atoms with Gasteiger partial charge in [0.05, 0.1) is 44.2 Å². The van der Waals surface area contributed by atoms with Crippen molar-refractivity contribution in [1.82, 2.24) is 14.9 Å². The molecule has 3 atom stereocenters. The summed E-state index contributed by atoms with van der Waals surface area (Å²) < 4.78 is 56.0. The number of aromatic nitrogens is 2. The minimum atomic E-state index is -5.08. The zero-order valence-electron chi connectivity index (χ0n) is 16.4. The van der Waals surface area contributed by atoms with E-state index >= 15 is 0 Å². The molecule has 3 aliphatic heterocycles. The summed E-state index contributed by atoms with van der Waals surface area (Å²) in [7, 11) is 0. The number of alkyl halides is 3. The fourth-order valence-corrected chi connectivity index (χ4v) is 3.76. The van der Waals surface area contributed by atoms with Crippen LogP contribution >= 0.6 is 0 Å². The lowest BCUT2D eigenvalue weighted by molar-refractivity contribution is -0.192. The lowest BCUT2D eigenvalue weighted by Gasteiger charge is -2.28. The topological polar surface area (TPSA) is 105 Å². The molecule has 9 nitrogen and oxygen atoms in total. The second-order valence-electron chi connectivity index (χ2n) is 7.40. The van der Waals surface area contributed by atoms with Gasteiger partial charge in [0, 0.05) is 32.1 Å². The number of amides is 1. The van der Waals surface area contributed by atoms with Gasteiger partial charge >= 0.3 is 12.1 Å². The summed E-state index contributed by atoms with van der Waals surface area (Å²) in [6.45, 7) is 4.07. The Morgan fingerprint density at radius 1 is 1.16 bits per heavy atom. The minimum Gasteiger partial charge on any atom is -0.475 e. The van der Waals surface area contributed by atoms with Crippen LogP contribution in [-0.2, 0) is 19.1 Å². The fourth-order valence-electron chi connectivity index (χ4n) is 3.76. The maximum atomic E-state index is 12.9. The molecular formula is C18H22F4N4O5. The first-order valence-corrected chi connectivity index (χ1v) is 9.67. The van der Waals surface area contributed by atoms with Crippen molar-refractivity contribution in [2.75, 3.05) is 44.3 Å². The lowest BCUT2D eigenvalue weighted by Crippen LogP contribution is -2.42. The first-order chi connectivity index (χ1) is 14.6. The van der Waals surface area contributed by atoms with Gasteiger partial charge in [0.25, 0.3) is 0 Å². The van der Waals surface area contributed by atoms with Crippen molar-refractivity contribution in [2.24, 2.45) is 5.92 Å². The van der Waals surface area contributed by atoms with Crippen LogP contribution in [0.5, 0.6) is 0 Å². The van der Waals surface area contributed by atoms with Crippen molar-refractivity contribution >= 4 is 17.8 Å². The Kier molecular flexibility index (Phi) is 7.26. The van der Waals surface area contributed by atoms with E-state index in [0.717, 1.165) is 13.0 Å². The number of carboxylic acid groups (broad SMARTS) is 1. The van der Waals surface area contributed by atoms with Gasteiger partial charge in [-0.2, -0.15) is 13.2 Å². The highest BCUT2D eigenvalue weighted by molar-refractivity contribution is 5.76. The Bertz CT molecular complexity index is 759. The highest BCUT2D eigenvalue weighted by Crippen LogP contribution is 2.35. The summed E-state index contributed by atoms with van der Waals surface area (Å²) in [4.78, 5) is 33.2. The Labute approximate surface area is 174 Å². The van der Waals surface area contributed by atoms with E-state index < -0.39 is 18.0 Å². The second-order valence-corrected chi connectivity index (χ2v) is 7.40. The molecule has 0 unspecified atom stereocenters. The Balaban J connectivity index is 0.000000339. The zero-order valence-corrected chi connectivity index (χ0v) is 16.4. The normalized spacial score (nSPS) is 25.6. The molecule has 0 aromatic carbocycles. The lowest BCUT2D eigenvalue weighted by atomic mass is 10.0. The van der Waals surface area contributed by atoms with Gasteiger partial charge < -0.3 is 24.4 Å². The van der Waals surface area contributed by atoms with Crippen LogP contribution in [0.1, 0.15) is 12.8 Å². The summed E-state index contributed by atoms with van der Waals surface area (Å²) >= 11 is 0. The van der Waals surface area contributed by atoms with E-state index in [0.29, 0.717) is 51.1 Å². The quantitative estimate of drug-likeness (QED) is 0.683. The molecule has 0 bridgehead atoms. The molecule has 4 heterocycles. The third-order valence-electron chi connectivity index (χ3n) is 5.21. The predicted molar refractivity (Wildman–Crippen MR) is 96.7 cm³/mol. The number of morpholine rings is 1. The van der Waals surface area contributed by atoms with Crippen LogP contribution in [0.25, 0.3) is 0 Å². The molecule has 172 valence electrons. The average molecular weight is 450 g/mol. The molecule has 0 spiro atoms. The molecule has 4 rings (SSSR count). The minimum absolute atomic E-state index is 0.00775.